The second kappa shape index (κ2) is 3.69. The molecule has 0 saturated heterocycles. The normalized spacial score (nSPS) is 49.4. The second-order valence-corrected chi connectivity index (χ2v) is 7.01. The monoisotopic (exact) mass is 248 g/mol. The Morgan fingerprint density at radius 3 is 2.22 bits per heavy atom. The highest BCUT2D eigenvalue weighted by atomic mass is 16.3. The van der Waals surface area contributed by atoms with Gasteiger partial charge in [-0.3, -0.25) is 4.79 Å². The van der Waals surface area contributed by atoms with E-state index in [1.807, 2.05) is 0 Å². The molecule has 4 fully saturated rings. The molecule has 3 unspecified atom stereocenters. The lowest BCUT2D eigenvalue weighted by molar-refractivity contribution is -0.222. The van der Waals surface area contributed by atoms with Crippen LogP contribution in [0.3, 0.4) is 0 Å². The lowest BCUT2D eigenvalue weighted by atomic mass is 9.41. The zero-order chi connectivity index (χ0) is 13.1. The van der Waals surface area contributed by atoms with E-state index in [1.165, 1.54) is 6.42 Å². The summed E-state index contributed by atoms with van der Waals surface area (Å²) in [4.78, 5) is 12.7. The van der Waals surface area contributed by atoms with Crippen molar-refractivity contribution in [2.45, 2.75) is 58.0 Å². The minimum absolute atomic E-state index is 0.135. The van der Waals surface area contributed by atoms with Crippen molar-refractivity contribution in [1.29, 1.82) is 0 Å². The Morgan fingerprint density at radius 1 is 1.28 bits per heavy atom. The van der Waals surface area contributed by atoms with E-state index in [0.29, 0.717) is 23.3 Å². The smallest absolute Gasteiger partial charge is 0.167 e. The number of rotatable bonds is 3. The van der Waals surface area contributed by atoms with Gasteiger partial charge in [0.25, 0.3) is 0 Å². The van der Waals surface area contributed by atoms with Crippen LogP contribution in [0.5, 0.6) is 0 Å². The average molecular weight is 248 g/mol. The maximum atomic E-state index is 12.7. The van der Waals surface area contributed by atoms with Crippen LogP contribution in [0.4, 0.5) is 0 Å². The van der Waals surface area contributed by atoms with Crippen molar-refractivity contribution in [1.82, 2.24) is 0 Å². The number of hydrogen-bond donors (Lipinski definition) is 1. The quantitative estimate of drug-likeness (QED) is 0.779. The van der Waals surface area contributed by atoms with Crippen molar-refractivity contribution in [2.24, 2.45) is 23.2 Å². The molecule has 4 aliphatic rings. The molecule has 0 spiro atoms. The third kappa shape index (κ3) is 1.30. The van der Waals surface area contributed by atoms with Crippen LogP contribution in [0, 0.1) is 23.2 Å². The number of ketones is 1. The van der Waals surface area contributed by atoms with E-state index in [0.717, 1.165) is 32.1 Å². The van der Waals surface area contributed by atoms with Crippen LogP contribution < -0.4 is 0 Å². The number of carbonyl (C=O) groups excluding carboxylic acids is 1. The lowest BCUT2D eigenvalue weighted by Crippen LogP contribution is -2.67. The SMILES string of the molecule is C=C(C)C(=O)C1(CC)C2CC3CC(C2)CC1(O)C3. The van der Waals surface area contributed by atoms with Crippen molar-refractivity contribution >= 4 is 5.78 Å². The number of aliphatic hydroxyl groups is 1. The van der Waals surface area contributed by atoms with Gasteiger partial charge in [-0.15, -0.1) is 0 Å². The molecule has 1 N–H and O–H groups in total. The number of allylic oxidation sites excluding steroid dienone is 1. The Labute approximate surface area is 109 Å². The van der Waals surface area contributed by atoms with Crippen LogP contribution in [-0.4, -0.2) is 16.5 Å². The van der Waals surface area contributed by atoms with E-state index in [1.54, 1.807) is 6.92 Å². The molecule has 4 saturated carbocycles. The molecule has 100 valence electrons. The molecule has 18 heavy (non-hydrogen) atoms. The Balaban J connectivity index is 2.08. The van der Waals surface area contributed by atoms with Gasteiger partial charge in [-0.2, -0.15) is 0 Å². The van der Waals surface area contributed by atoms with Gasteiger partial charge in [-0.1, -0.05) is 13.5 Å². The molecule has 0 heterocycles. The Hall–Kier alpha value is -0.630. The van der Waals surface area contributed by atoms with Crippen LogP contribution in [0.15, 0.2) is 12.2 Å². The first kappa shape index (κ1) is 12.4. The Morgan fingerprint density at radius 2 is 1.83 bits per heavy atom. The summed E-state index contributed by atoms with van der Waals surface area (Å²) < 4.78 is 0. The predicted octanol–water partition coefficient (Wildman–Crippen LogP) is 3.10. The zero-order valence-corrected chi connectivity index (χ0v) is 11.5. The summed E-state index contributed by atoms with van der Waals surface area (Å²) in [6.45, 7) is 7.72. The number of Topliss-reactive ketones (excluding diaryl/α,β-unsaturated/α-hetero) is 1. The van der Waals surface area contributed by atoms with Crippen LogP contribution in [0.1, 0.15) is 52.4 Å². The molecule has 3 atom stereocenters. The maximum Gasteiger partial charge on any atom is 0.167 e. The fourth-order valence-corrected chi connectivity index (χ4v) is 5.64. The van der Waals surface area contributed by atoms with Crippen LogP contribution in [0.2, 0.25) is 0 Å². The van der Waals surface area contributed by atoms with Gasteiger partial charge in [-0.05, 0) is 68.8 Å². The molecule has 0 radical (unpaired) electrons. The molecular weight excluding hydrogens is 224 g/mol. The summed E-state index contributed by atoms with van der Waals surface area (Å²) in [5, 5.41) is 11.2. The topological polar surface area (TPSA) is 37.3 Å². The Bertz CT molecular complexity index is 397. The van der Waals surface area contributed by atoms with Gasteiger partial charge < -0.3 is 5.11 Å². The second-order valence-electron chi connectivity index (χ2n) is 7.01. The summed E-state index contributed by atoms with van der Waals surface area (Å²) in [6, 6.07) is 0. The first-order valence-electron chi connectivity index (χ1n) is 7.35. The summed E-state index contributed by atoms with van der Waals surface area (Å²) in [7, 11) is 0. The summed E-state index contributed by atoms with van der Waals surface area (Å²) >= 11 is 0. The standard InChI is InChI=1S/C16H24O2/c1-4-16(14(17)10(2)3)13-6-11-5-12(7-13)9-15(16,18)8-11/h11-13,18H,2,4-9H2,1,3H3. The van der Waals surface area contributed by atoms with E-state index in [4.69, 9.17) is 0 Å². The lowest BCUT2D eigenvalue weighted by Gasteiger charge is -2.64. The third-order valence-electron chi connectivity index (χ3n) is 6.03. The van der Waals surface area contributed by atoms with E-state index in [2.05, 4.69) is 13.5 Å². The van der Waals surface area contributed by atoms with E-state index in [-0.39, 0.29) is 5.78 Å². The summed E-state index contributed by atoms with van der Waals surface area (Å²) in [5.41, 5.74) is -0.642. The Kier molecular flexibility index (Phi) is 2.54. The van der Waals surface area contributed by atoms with Gasteiger partial charge >= 0.3 is 0 Å². The molecule has 0 aromatic rings. The molecule has 0 aliphatic heterocycles. The fraction of sp³-hybridized carbons (Fsp3) is 0.812. The number of carbonyl (C=O) groups is 1. The number of hydrogen-bond acceptors (Lipinski definition) is 2. The molecule has 2 nitrogen and oxygen atoms in total. The van der Waals surface area contributed by atoms with Gasteiger partial charge in [0.1, 0.15) is 0 Å². The third-order valence-corrected chi connectivity index (χ3v) is 6.03. The van der Waals surface area contributed by atoms with Crippen molar-refractivity contribution in [3.05, 3.63) is 12.2 Å². The zero-order valence-electron chi connectivity index (χ0n) is 11.5. The average Bonchev–Trinajstić information content (AvgIpc) is 2.27. The first-order valence-corrected chi connectivity index (χ1v) is 7.35. The van der Waals surface area contributed by atoms with Crippen molar-refractivity contribution in [3.8, 4) is 0 Å². The minimum Gasteiger partial charge on any atom is -0.389 e. The molecule has 4 bridgehead atoms. The van der Waals surface area contributed by atoms with E-state index in [9.17, 15) is 9.90 Å². The van der Waals surface area contributed by atoms with Crippen molar-refractivity contribution in [2.75, 3.05) is 0 Å². The maximum absolute atomic E-state index is 12.7. The fourth-order valence-electron chi connectivity index (χ4n) is 5.64. The van der Waals surface area contributed by atoms with Crippen LogP contribution >= 0.6 is 0 Å². The highest BCUT2D eigenvalue weighted by molar-refractivity contribution is 6.00. The van der Waals surface area contributed by atoms with Gasteiger partial charge in [0.05, 0.1) is 11.0 Å². The first-order chi connectivity index (χ1) is 8.43. The highest BCUT2D eigenvalue weighted by Gasteiger charge is 2.67. The van der Waals surface area contributed by atoms with Gasteiger partial charge in [0, 0.05) is 0 Å². The molecule has 4 aliphatic carbocycles. The molecular formula is C16H24O2. The van der Waals surface area contributed by atoms with Crippen LogP contribution in [0.25, 0.3) is 0 Å². The predicted molar refractivity (Wildman–Crippen MR) is 71.0 cm³/mol. The van der Waals surface area contributed by atoms with E-state index >= 15 is 0 Å². The van der Waals surface area contributed by atoms with Crippen molar-refractivity contribution in [3.63, 3.8) is 0 Å². The van der Waals surface area contributed by atoms with Gasteiger partial charge in [0.2, 0.25) is 0 Å². The van der Waals surface area contributed by atoms with E-state index < -0.39 is 11.0 Å². The van der Waals surface area contributed by atoms with Gasteiger partial charge in [-0.25, -0.2) is 0 Å². The highest BCUT2D eigenvalue weighted by Crippen LogP contribution is 2.66. The van der Waals surface area contributed by atoms with Crippen LogP contribution in [-0.2, 0) is 4.79 Å². The molecule has 4 rings (SSSR count). The van der Waals surface area contributed by atoms with Crippen molar-refractivity contribution < 1.29 is 9.90 Å². The summed E-state index contributed by atoms with van der Waals surface area (Å²) in [5.74, 6) is 1.84. The van der Waals surface area contributed by atoms with Gasteiger partial charge in [0.15, 0.2) is 5.78 Å². The molecule has 2 heteroatoms. The largest absolute Gasteiger partial charge is 0.389 e. The molecule has 0 aromatic heterocycles. The molecule has 0 amide bonds. The minimum atomic E-state index is -0.744. The molecule has 0 aromatic carbocycles. The summed E-state index contributed by atoms with van der Waals surface area (Å²) in [6.07, 6.45) is 6.01.